The molecule has 29 heavy (non-hydrogen) atoms. The first-order chi connectivity index (χ1) is 13.0. The maximum absolute atomic E-state index is 12.1. The summed E-state index contributed by atoms with van der Waals surface area (Å²) in [6.45, 7) is 3.30. The normalized spacial score (nSPS) is 13.6. The van der Waals surface area contributed by atoms with Crippen LogP contribution in [-0.2, 0) is 16.1 Å². The summed E-state index contributed by atoms with van der Waals surface area (Å²) in [6.07, 6.45) is 0. The number of nitrogens with zero attached hydrogens (tertiary/aromatic N) is 2. The molecule has 1 saturated heterocycles. The fourth-order valence-corrected chi connectivity index (χ4v) is 3.00. The van der Waals surface area contributed by atoms with E-state index in [4.69, 9.17) is 19.9 Å². The lowest BCUT2D eigenvalue weighted by Crippen LogP contribution is -2.51. The molecule has 11 heteroatoms. The zero-order valence-corrected chi connectivity index (χ0v) is 18.6. The van der Waals surface area contributed by atoms with Crippen LogP contribution in [0.5, 0.6) is 17.2 Å². The van der Waals surface area contributed by atoms with Gasteiger partial charge < -0.3 is 30.2 Å². The summed E-state index contributed by atoms with van der Waals surface area (Å²) >= 11 is 0. The molecule has 0 unspecified atom stereocenters. The largest absolute Gasteiger partial charge is 0.493 e. The van der Waals surface area contributed by atoms with E-state index in [1.807, 2.05) is 12.1 Å². The van der Waals surface area contributed by atoms with Crippen molar-refractivity contribution in [3.63, 3.8) is 0 Å². The Labute approximate surface area is 183 Å². The van der Waals surface area contributed by atoms with Crippen molar-refractivity contribution in [3.05, 3.63) is 17.7 Å². The molecule has 166 valence electrons. The summed E-state index contributed by atoms with van der Waals surface area (Å²) in [5.74, 6) is 1.39. The summed E-state index contributed by atoms with van der Waals surface area (Å²) in [5, 5.41) is 2.51. The minimum Gasteiger partial charge on any atom is -0.493 e. The van der Waals surface area contributed by atoms with Gasteiger partial charge in [0.05, 0.1) is 34.4 Å². The third-order valence-corrected chi connectivity index (χ3v) is 4.48. The predicted molar refractivity (Wildman–Crippen MR) is 115 cm³/mol. The highest BCUT2D eigenvalue weighted by molar-refractivity contribution is 5.86. The van der Waals surface area contributed by atoms with Crippen molar-refractivity contribution >= 4 is 36.6 Å². The lowest BCUT2D eigenvalue weighted by molar-refractivity contribution is -0.134. The van der Waals surface area contributed by atoms with E-state index in [1.165, 1.54) is 0 Å². The third kappa shape index (κ3) is 7.43. The second-order valence-corrected chi connectivity index (χ2v) is 6.17. The van der Waals surface area contributed by atoms with E-state index in [-0.39, 0.29) is 49.7 Å². The Morgan fingerprint density at radius 3 is 2.00 bits per heavy atom. The molecular weight excluding hydrogens is 423 g/mol. The molecule has 0 aliphatic carbocycles. The predicted octanol–water partition coefficient (Wildman–Crippen LogP) is 0.275. The van der Waals surface area contributed by atoms with Crippen LogP contribution in [0.1, 0.15) is 5.56 Å². The van der Waals surface area contributed by atoms with E-state index < -0.39 is 0 Å². The van der Waals surface area contributed by atoms with Crippen molar-refractivity contribution in [2.24, 2.45) is 5.73 Å². The average molecular weight is 453 g/mol. The number of halogens is 2. The Kier molecular flexibility index (Phi) is 12.4. The van der Waals surface area contributed by atoms with Crippen LogP contribution in [-0.4, -0.2) is 82.2 Å². The first-order valence-electron chi connectivity index (χ1n) is 8.78. The highest BCUT2D eigenvalue weighted by Crippen LogP contribution is 2.38. The first-order valence-corrected chi connectivity index (χ1v) is 8.78. The molecule has 1 aliphatic rings. The van der Waals surface area contributed by atoms with Crippen LogP contribution in [0.25, 0.3) is 0 Å². The van der Waals surface area contributed by atoms with Gasteiger partial charge in [-0.15, -0.1) is 24.8 Å². The third-order valence-electron chi connectivity index (χ3n) is 4.48. The van der Waals surface area contributed by atoms with Crippen molar-refractivity contribution in [3.8, 4) is 17.2 Å². The molecule has 0 bridgehead atoms. The number of nitrogens with one attached hydrogen (secondary N) is 1. The topological polar surface area (TPSA) is 106 Å². The van der Waals surface area contributed by atoms with Gasteiger partial charge in [-0.05, 0) is 17.7 Å². The fourth-order valence-electron chi connectivity index (χ4n) is 3.00. The first kappa shape index (κ1) is 27.1. The average Bonchev–Trinajstić information content (AvgIpc) is 2.71. The van der Waals surface area contributed by atoms with Crippen LogP contribution < -0.4 is 25.3 Å². The summed E-state index contributed by atoms with van der Waals surface area (Å²) in [4.78, 5) is 27.3. The van der Waals surface area contributed by atoms with Crippen LogP contribution in [0.15, 0.2) is 12.1 Å². The maximum atomic E-state index is 12.1. The summed E-state index contributed by atoms with van der Waals surface area (Å²) in [6, 6.07) is 3.86. The van der Waals surface area contributed by atoms with Gasteiger partial charge in [-0.3, -0.25) is 14.5 Å². The molecule has 1 aliphatic heterocycles. The van der Waals surface area contributed by atoms with Gasteiger partial charge in [0.25, 0.3) is 0 Å². The van der Waals surface area contributed by atoms with E-state index in [2.05, 4.69) is 10.2 Å². The van der Waals surface area contributed by atoms with Gasteiger partial charge in [0.1, 0.15) is 0 Å². The van der Waals surface area contributed by atoms with Crippen molar-refractivity contribution in [2.75, 3.05) is 60.6 Å². The number of carbonyl (C=O) groups excluding carboxylic acids is 2. The summed E-state index contributed by atoms with van der Waals surface area (Å²) < 4.78 is 16.1. The van der Waals surface area contributed by atoms with Gasteiger partial charge in [-0.25, -0.2) is 0 Å². The Balaban J connectivity index is 0.00000392. The minimum atomic E-state index is -0.329. The number of nitrogens with two attached hydrogens (primary N) is 1. The highest BCUT2D eigenvalue weighted by Gasteiger charge is 2.22. The number of hydrogen-bond acceptors (Lipinski definition) is 7. The van der Waals surface area contributed by atoms with E-state index in [9.17, 15) is 9.59 Å². The standard InChI is InChI=1S/C18H28N4O5.2ClH/c1-25-14-8-13(9-15(26-2)18(14)27-3)12-21-4-6-22(7-5-21)17(24)11-20-16(23)10-19;;/h8-9H,4-7,10-12,19H2,1-3H3,(H,20,23);2*1H. The van der Waals surface area contributed by atoms with Crippen LogP contribution in [0.2, 0.25) is 0 Å². The lowest BCUT2D eigenvalue weighted by Gasteiger charge is -2.35. The molecule has 2 rings (SSSR count). The van der Waals surface area contributed by atoms with Gasteiger partial charge in [-0.1, -0.05) is 0 Å². The number of methoxy groups -OCH3 is 3. The Morgan fingerprint density at radius 2 is 1.55 bits per heavy atom. The van der Waals surface area contributed by atoms with Crippen LogP contribution in [0.4, 0.5) is 0 Å². The molecule has 0 atom stereocenters. The molecule has 9 nitrogen and oxygen atoms in total. The summed E-state index contributed by atoms with van der Waals surface area (Å²) in [7, 11) is 4.76. The Bertz CT molecular complexity index is 645. The molecule has 0 saturated carbocycles. The molecule has 2 amide bonds. The molecule has 1 aromatic carbocycles. The van der Waals surface area contributed by atoms with Crippen molar-refractivity contribution in [1.29, 1.82) is 0 Å². The second-order valence-electron chi connectivity index (χ2n) is 6.17. The molecule has 1 aromatic rings. The van der Waals surface area contributed by atoms with E-state index in [0.29, 0.717) is 36.9 Å². The number of benzene rings is 1. The van der Waals surface area contributed by atoms with E-state index in [1.54, 1.807) is 26.2 Å². The van der Waals surface area contributed by atoms with Gasteiger partial charge in [0.15, 0.2) is 11.5 Å². The molecule has 0 spiro atoms. The van der Waals surface area contributed by atoms with Gasteiger partial charge in [0, 0.05) is 32.7 Å². The van der Waals surface area contributed by atoms with Gasteiger partial charge >= 0.3 is 0 Å². The zero-order chi connectivity index (χ0) is 19.8. The number of rotatable bonds is 8. The maximum Gasteiger partial charge on any atom is 0.242 e. The molecule has 1 heterocycles. The molecule has 1 fully saturated rings. The van der Waals surface area contributed by atoms with Crippen molar-refractivity contribution in [1.82, 2.24) is 15.1 Å². The van der Waals surface area contributed by atoms with Crippen molar-refractivity contribution in [2.45, 2.75) is 6.54 Å². The van der Waals surface area contributed by atoms with Gasteiger partial charge in [0.2, 0.25) is 17.6 Å². The number of piperazine rings is 1. The Hall–Kier alpha value is -1.94. The molecular formula is C18H30Cl2N4O5. The zero-order valence-electron chi connectivity index (χ0n) is 16.9. The van der Waals surface area contributed by atoms with E-state index >= 15 is 0 Å². The number of amides is 2. The number of ether oxygens (including phenoxy) is 3. The monoisotopic (exact) mass is 452 g/mol. The molecule has 0 radical (unpaired) electrons. The van der Waals surface area contributed by atoms with Crippen LogP contribution in [0, 0.1) is 0 Å². The van der Waals surface area contributed by atoms with Crippen LogP contribution in [0.3, 0.4) is 0 Å². The lowest BCUT2D eigenvalue weighted by atomic mass is 10.1. The minimum absolute atomic E-state index is 0. The quantitative estimate of drug-likeness (QED) is 0.582. The van der Waals surface area contributed by atoms with Crippen LogP contribution >= 0.6 is 24.8 Å². The Morgan fingerprint density at radius 1 is 1.00 bits per heavy atom. The van der Waals surface area contributed by atoms with Crippen molar-refractivity contribution < 1.29 is 23.8 Å². The second kappa shape index (κ2) is 13.3. The van der Waals surface area contributed by atoms with E-state index in [0.717, 1.165) is 18.7 Å². The van der Waals surface area contributed by atoms with Gasteiger partial charge in [-0.2, -0.15) is 0 Å². The number of hydrogen-bond donors (Lipinski definition) is 2. The summed E-state index contributed by atoms with van der Waals surface area (Å²) in [5.41, 5.74) is 6.26. The number of carbonyl (C=O) groups is 2. The molecule has 0 aromatic heterocycles. The smallest absolute Gasteiger partial charge is 0.242 e. The highest BCUT2D eigenvalue weighted by atomic mass is 35.5. The molecule has 3 N–H and O–H groups in total. The SMILES string of the molecule is COc1cc(CN2CCN(C(=O)CNC(=O)CN)CC2)cc(OC)c1OC.Cl.Cl. The fraction of sp³-hybridized carbons (Fsp3) is 0.556.